The molecule has 0 aliphatic carbocycles. The molecule has 0 saturated carbocycles. The Hall–Kier alpha value is -2.33. The van der Waals surface area contributed by atoms with Crippen molar-refractivity contribution in [1.29, 1.82) is 5.26 Å². The smallest absolute Gasteiger partial charge is 0.189 e. The van der Waals surface area contributed by atoms with Crippen LogP contribution in [0.2, 0.25) is 0 Å². The zero-order chi connectivity index (χ0) is 15.8. The van der Waals surface area contributed by atoms with E-state index in [0.29, 0.717) is 17.8 Å². The number of nitriles is 1. The van der Waals surface area contributed by atoms with Crippen LogP contribution < -0.4 is 9.80 Å². The fourth-order valence-electron chi connectivity index (χ4n) is 3.43. The summed E-state index contributed by atoms with van der Waals surface area (Å²) in [4.78, 5) is 17.8. The number of aromatic nitrogens is 3. The fraction of sp³-hybridized carbons (Fsp3) is 0.375. The van der Waals surface area contributed by atoms with Crippen LogP contribution in [0.4, 0.5) is 11.5 Å². The maximum Gasteiger partial charge on any atom is 0.189 e. The highest BCUT2D eigenvalue weighted by atomic mass is 32.2. The molecule has 3 fully saturated rings. The van der Waals surface area contributed by atoms with Gasteiger partial charge >= 0.3 is 0 Å². The van der Waals surface area contributed by atoms with Gasteiger partial charge in [-0.3, -0.25) is 0 Å². The molecule has 3 aliphatic rings. The first-order chi connectivity index (χ1) is 11.3. The Balaban J connectivity index is 1.50. The van der Waals surface area contributed by atoms with E-state index in [1.807, 2.05) is 30.8 Å². The number of rotatable bonds is 3. The number of piperidine rings is 1. The predicted octanol–water partition coefficient (Wildman–Crippen LogP) is 1.93. The van der Waals surface area contributed by atoms with Crippen molar-refractivity contribution in [2.45, 2.75) is 23.7 Å². The van der Waals surface area contributed by atoms with Gasteiger partial charge in [-0.2, -0.15) is 5.26 Å². The summed E-state index contributed by atoms with van der Waals surface area (Å²) in [5, 5.41) is 9.67. The summed E-state index contributed by atoms with van der Waals surface area (Å²) in [6.45, 7) is 1.92. The van der Waals surface area contributed by atoms with E-state index in [4.69, 9.17) is 5.26 Å². The molecule has 0 N–H and O–H groups in total. The van der Waals surface area contributed by atoms with Gasteiger partial charge < -0.3 is 9.80 Å². The van der Waals surface area contributed by atoms with Crippen LogP contribution in [0, 0.1) is 11.3 Å². The Morgan fingerprint density at radius 1 is 1.22 bits per heavy atom. The van der Waals surface area contributed by atoms with E-state index in [9.17, 15) is 0 Å². The van der Waals surface area contributed by atoms with E-state index in [-0.39, 0.29) is 0 Å². The summed E-state index contributed by atoms with van der Waals surface area (Å²) in [6.07, 6.45) is 6.84. The Morgan fingerprint density at radius 3 is 2.70 bits per heavy atom. The van der Waals surface area contributed by atoms with Gasteiger partial charge in [0.25, 0.3) is 0 Å². The van der Waals surface area contributed by atoms with Crippen molar-refractivity contribution >= 4 is 23.3 Å². The monoisotopic (exact) mass is 324 g/mol. The molecule has 3 saturated heterocycles. The Morgan fingerprint density at radius 2 is 2.04 bits per heavy atom. The molecule has 5 rings (SSSR count). The van der Waals surface area contributed by atoms with Gasteiger partial charge in [-0.15, -0.1) is 0 Å². The van der Waals surface area contributed by atoms with E-state index in [2.05, 4.69) is 30.8 Å². The first-order valence-electron chi connectivity index (χ1n) is 7.55. The number of anilines is 2. The zero-order valence-electron chi connectivity index (χ0n) is 12.8. The first kappa shape index (κ1) is 14.3. The van der Waals surface area contributed by atoms with Crippen LogP contribution >= 0.6 is 11.8 Å². The molecular weight excluding hydrogens is 308 g/mol. The van der Waals surface area contributed by atoms with E-state index in [1.54, 1.807) is 17.8 Å². The molecule has 2 bridgehead atoms. The van der Waals surface area contributed by atoms with Crippen molar-refractivity contribution in [3.05, 3.63) is 36.3 Å². The van der Waals surface area contributed by atoms with E-state index < -0.39 is 0 Å². The minimum atomic E-state index is 0.464. The number of nitrogens with zero attached hydrogens (tertiary/aromatic N) is 6. The first-order valence-corrected chi connectivity index (χ1v) is 8.77. The van der Waals surface area contributed by atoms with Gasteiger partial charge in [-0.05, 0) is 30.9 Å². The number of hydrogen-bond donors (Lipinski definition) is 0. The maximum atomic E-state index is 8.86. The van der Waals surface area contributed by atoms with Crippen molar-refractivity contribution in [3.63, 3.8) is 0 Å². The minimum absolute atomic E-state index is 0.464. The Labute approximate surface area is 139 Å². The van der Waals surface area contributed by atoms with Crippen molar-refractivity contribution < 1.29 is 0 Å². The lowest BCUT2D eigenvalue weighted by molar-refractivity contribution is 0.290. The van der Waals surface area contributed by atoms with Gasteiger partial charge in [0.1, 0.15) is 17.6 Å². The average molecular weight is 324 g/mol. The summed E-state index contributed by atoms with van der Waals surface area (Å²) in [5.41, 5.74) is 1.57. The van der Waals surface area contributed by atoms with Crippen LogP contribution in [0.3, 0.4) is 0 Å². The Bertz CT molecular complexity index is 744. The van der Waals surface area contributed by atoms with Crippen molar-refractivity contribution in [1.82, 2.24) is 15.0 Å². The lowest BCUT2D eigenvalue weighted by Crippen LogP contribution is -2.69. The Kier molecular flexibility index (Phi) is 3.54. The highest BCUT2D eigenvalue weighted by Gasteiger charge is 2.45. The molecule has 0 aromatic carbocycles. The number of fused-ring (bicyclic) bond motifs is 2. The van der Waals surface area contributed by atoms with Crippen LogP contribution in [-0.2, 0) is 0 Å². The number of hydrogen-bond acceptors (Lipinski definition) is 7. The predicted molar refractivity (Wildman–Crippen MR) is 89.7 cm³/mol. The summed E-state index contributed by atoms with van der Waals surface area (Å²) in [5.74, 6) is 1.01. The molecule has 3 aliphatic heterocycles. The molecule has 0 spiro atoms. The molecule has 2 atom stereocenters. The molecule has 7 heteroatoms. The second-order valence-corrected chi connectivity index (χ2v) is 6.54. The molecule has 0 radical (unpaired) electrons. The van der Waals surface area contributed by atoms with Crippen LogP contribution in [0.5, 0.6) is 0 Å². The van der Waals surface area contributed by atoms with Gasteiger partial charge in [0, 0.05) is 31.4 Å². The van der Waals surface area contributed by atoms with E-state index in [1.165, 1.54) is 6.42 Å². The highest BCUT2D eigenvalue weighted by Crippen LogP contribution is 2.37. The van der Waals surface area contributed by atoms with Crippen molar-refractivity contribution in [2.24, 2.45) is 0 Å². The van der Waals surface area contributed by atoms with Gasteiger partial charge in [0.05, 0.1) is 11.9 Å². The molecule has 5 heterocycles. The quantitative estimate of drug-likeness (QED) is 0.631. The van der Waals surface area contributed by atoms with E-state index in [0.717, 1.165) is 29.8 Å². The average Bonchev–Trinajstić information content (AvgIpc) is 2.62. The fourth-order valence-corrected chi connectivity index (χ4v) is 3.78. The highest BCUT2D eigenvalue weighted by molar-refractivity contribution is 7.98. The number of piperazine rings is 1. The second-order valence-electron chi connectivity index (χ2n) is 5.77. The van der Waals surface area contributed by atoms with Crippen molar-refractivity contribution in [3.8, 4) is 6.07 Å². The van der Waals surface area contributed by atoms with Gasteiger partial charge in [-0.1, -0.05) is 11.8 Å². The van der Waals surface area contributed by atoms with Gasteiger partial charge in [-0.25, -0.2) is 15.0 Å². The van der Waals surface area contributed by atoms with E-state index >= 15 is 0 Å². The van der Waals surface area contributed by atoms with Crippen LogP contribution in [0.15, 0.2) is 35.7 Å². The van der Waals surface area contributed by atoms with Crippen molar-refractivity contribution in [2.75, 3.05) is 29.1 Å². The number of thioether (sulfide) groups is 1. The summed E-state index contributed by atoms with van der Waals surface area (Å²) in [6, 6.07) is 8.80. The van der Waals surface area contributed by atoms with Crippen LogP contribution in [0.25, 0.3) is 0 Å². The topological polar surface area (TPSA) is 68.9 Å². The third-order valence-corrected chi connectivity index (χ3v) is 5.04. The summed E-state index contributed by atoms with van der Waals surface area (Å²) in [7, 11) is 0. The van der Waals surface area contributed by atoms with Gasteiger partial charge in [0.15, 0.2) is 5.16 Å². The third kappa shape index (κ3) is 2.49. The maximum absolute atomic E-state index is 8.86. The lowest BCUT2D eigenvalue weighted by Gasteiger charge is -2.57. The minimum Gasteiger partial charge on any atom is -0.361 e. The molecule has 2 aromatic rings. The molecule has 23 heavy (non-hydrogen) atoms. The standard InChI is InChI=1S/C16H16N6S/c1-23-16-18-5-4-15(20-16)21-9-13-6-14(10-21)22(13)12-3-2-11(7-17)19-8-12/h2-5,8,13-14H,6,9-10H2,1H3. The van der Waals surface area contributed by atoms with Crippen LogP contribution in [0.1, 0.15) is 12.1 Å². The van der Waals surface area contributed by atoms with Gasteiger partial charge in [0.2, 0.25) is 0 Å². The normalized spacial score (nSPS) is 22.4. The number of pyridine rings is 1. The molecular formula is C16H16N6S. The molecule has 2 unspecified atom stereocenters. The third-order valence-electron chi connectivity index (χ3n) is 4.48. The lowest BCUT2D eigenvalue weighted by atomic mass is 9.87. The molecule has 116 valence electrons. The molecule has 0 amide bonds. The molecule has 2 aromatic heterocycles. The SMILES string of the molecule is CSc1nccc(N2CC3CC(C2)N3c2ccc(C#N)nc2)n1. The second kappa shape index (κ2) is 5.70. The molecule has 6 nitrogen and oxygen atoms in total. The largest absolute Gasteiger partial charge is 0.361 e. The van der Waals surface area contributed by atoms with Crippen LogP contribution in [-0.4, -0.2) is 46.4 Å². The summed E-state index contributed by atoms with van der Waals surface area (Å²) >= 11 is 1.57. The summed E-state index contributed by atoms with van der Waals surface area (Å²) < 4.78 is 0. The zero-order valence-corrected chi connectivity index (χ0v) is 13.6.